The smallest absolute Gasteiger partial charge is 0.338 e. The fourth-order valence-corrected chi connectivity index (χ4v) is 5.40. The molecule has 0 aromatic carbocycles. The Labute approximate surface area is 108 Å². The van der Waals surface area contributed by atoms with Gasteiger partial charge in [-0.1, -0.05) is 13.8 Å². The summed E-state index contributed by atoms with van der Waals surface area (Å²) in [5.41, 5.74) is 0.575. The predicted octanol–water partition coefficient (Wildman–Crippen LogP) is 0.238. The highest BCUT2D eigenvalue weighted by molar-refractivity contribution is 6.48. The molecular weight excluding hydrogens is 254 g/mol. The topological polar surface area (TPSA) is 49.0 Å². The molecule has 0 radical (unpaired) electrons. The largest absolute Gasteiger partial charge is 0.399 e. The van der Waals surface area contributed by atoms with Crippen LogP contribution in [0.5, 0.6) is 0 Å². The Morgan fingerprint density at radius 2 is 1.06 bits per heavy atom. The minimum atomic E-state index is -1.64. The van der Waals surface area contributed by atoms with E-state index in [1.54, 1.807) is 28.4 Å². The van der Waals surface area contributed by atoms with Gasteiger partial charge in [0.1, 0.15) is 0 Å². The Kier molecular flexibility index (Phi) is 10.3. The van der Waals surface area contributed by atoms with E-state index in [4.69, 9.17) is 17.7 Å². The summed E-state index contributed by atoms with van der Waals surface area (Å²) in [6.07, 6.45) is 1.98. The molecule has 2 atom stereocenters. The standard InChI is InChI=1S/C10H27NO4Si2/c1-7-9(16(12-3)13-4)11-10(8-2)17(14-5)15-6/h9-11,16-17H,7-8H2,1-6H3. The highest BCUT2D eigenvalue weighted by Crippen LogP contribution is 2.06. The second kappa shape index (κ2) is 10.2. The molecule has 0 amide bonds. The summed E-state index contributed by atoms with van der Waals surface area (Å²) in [7, 11) is 3.58. The number of nitrogens with one attached hydrogen (secondary N) is 1. The molecule has 5 nitrogen and oxygen atoms in total. The number of rotatable bonds is 10. The second-order valence-corrected chi connectivity index (χ2v) is 8.84. The van der Waals surface area contributed by atoms with Crippen molar-refractivity contribution in [3.8, 4) is 0 Å². The maximum Gasteiger partial charge on any atom is 0.338 e. The lowest BCUT2D eigenvalue weighted by Gasteiger charge is -2.30. The molecule has 0 bridgehead atoms. The minimum Gasteiger partial charge on any atom is -0.399 e. The molecule has 0 heterocycles. The molecule has 0 fully saturated rings. The maximum absolute atomic E-state index is 5.43. The summed E-state index contributed by atoms with van der Waals surface area (Å²) in [6, 6.07) is 0. The van der Waals surface area contributed by atoms with E-state index < -0.39 is 18.6 Å². The molecule has 0 aromatic heterocycles. The average Bonchev–Trinajstić information content (AvgIpc) is 2.37. The first-order valence-electron chi connectivity index (χ1n) is 6.05. The first kappa shape index (κ1) is 17.2. The van der Waals surface area contributed by atoms with Crippen LogP contribution >= 0.6 is 0 Å². The van der Waals surface area contributed by atoms with Crippen LogP contribution in [0.25, 0.3) is 0 Å². The molecule has 0 aliphatic carbocycles. The van der Waals surface area contributed by atoms with Crippen molar-refractivity contribution in [1.29, 1.82) is 0 Å². The van der Waals surface area contributed by atoms with Gasteiger partial charge in [0.2, 0.25) is 0 Å². The Morgan fingerprint density at radius 1 is 0.765 bits per heavy atom. The Balaban J connectivity index is 4.49. The van der Waals surface area contributed by atoms with Gasteiger partial charge in [0.15, 0.2) is 0 Å². The number of hydrogen-bond acceptors (Lipinski definition) is 5. The van der Waals surface area contributed by atoms with Gasteiger partial charge >= 0.3 is 18.6 Å². The third kappa shape index (κ3) is 5.60. The molecule has 17 heavy (non-hydrogen) atoms. The van der Waals surface area contributed by atoms with Crippen molar-refractivity contribution in [3.63, 3.8) is 0 Å². The van der Waals surface area contributed by atoms with E-state index in [9.17, 15) is 0 Å². The first-order valence-corrected chi connectivity index (χ1v) is 9.27. The maximum atomic E-state index is 5.43. The van der Waals surface area contributed by atoms with Crippen molar-refractivity contribution < 1.29 is 17.7 Å². The van der Waals surface area contributed by atoms with E-state index >= 15 is 0 Å². The summed E-state index contributed by atoms with van der Waals surface area (Å²) in [5, 5.41) is 3.58. The average molecular weight is 282 g/mol. The Bertz CT molecular complexity index is 162. The van der Waals surface area contributed by atoms with Crippen LogP contribution in [0.15, 0.2) is 0 Å². The van der Waals surface area contributed by atoms with Gasteiger partial charge in [-0.2, -0.15) is 0 Å². The van der Waals surface area contributed by atoms with Crippen LogP contribution in [0.4, 0.5) is 0 Å². The van der Waals surface area contributed by atoms with Crippen LogP contribution < -0.4 is 5.32 Å². The molecular formula is C10H27NO4Si2. The zero-order valence-electron chi connectivity index (χ0n) is 11.9. The molecule has 0 rings (SSSR count). The molecule has 2 unspecified atom stereocenters. The van der Waals surface area contributed by atoms with Crippen LogP contribution in [0.1, 0.15) is 26.7 Å². The zero-order valence-corrected chi connectivity index (χ0v) is 14.2. The van der Waals surface area contributed by atoms with Crippen molar-refractivity contribution in [1.82, 2.24) is 5.32 Å². The van der Waals surface area contributed by atoms with E-state index in [2.05, 4.69) is 19.2 Å². The molecule has 7 heteroatoms. The van der Waals surface area contributed by atoms with Crippen molar-refractivity contribution in [2.45, 2.75) is 38.0 Å². The fraction of sp³-hybridized carbons (Fsp3) is 1.00. The van der Waals surface area contributed by atoms with E-state index in [0.717, 1.165) is 12.8 Å². The highest BCUT2D eigenvalue weighted by Gasteiger charge is 2.30. The van der Waals surface area contributed by atoms with Gasteiger partial charge in [-0.3, -0.25) is 0 Å². The Hall–Kier alpha value is 0.234. The molecule has 0 saturated carbocycles. The monoisotopic (exact) mass is 281 g/mol. The molecule has 0 aliphatic rings. The van der Waals surface area contributed by atoms with Crippen molar-refractivity contribution in [3.05, 3.63) is 0 Å². The van der Waals surface area contributed by atoms with E-state index in [-0.39, 0.29) is 11.3 Å². The Morgan fingerprint density at radius 3 is 1.24 bits per heavy atom. The summed E-state index contributed by atoms with van der Waals surface area (Å²) >= 11 is 0. The van der Waals surface area contributed by atoms with Crippen LogP contribution in [0.3, 0.4) is 0 Å². The van der Waals surface area contributed by atoms with Gasteiger partial charge in [0, 0.05) is 39.8 Å². The van der Waals surface area contributed by atoms with Gasteiger partial charge in [-0.25, -0.2) is 0 Å². The normalized spacial score (nSPS) is 15.5. The predicted molar refractivity (Wildman–Crippen MR) is 73.6 cm³/mol. The highest BCUT2D eigenvalue weighted by atomic mass is 28.3. The first-order chi connectivity index (χ1) is 8.18. The van der Waals surface area contributed by atoms with E-state index in [0.29, 0.717) is 0 Å². The van der Waals surface area contributed by atoms with Crippen molar-refractivity contribution in [2.75, 3.05) is 28.4 Å². The third-order valence-electron chi connectivity index (χ3n) is 2.89. The molecule has 0 saturated heterocycles. The molecule has 0 aliphatic heterocycles. The molecule has 0 aromatic rings. The SMILES string of the molecule is CCC(NC(CC)[SiH](OC)OC)[SiH](OC)OC. The van der Waals surface area contributed by atoms with Crippen molar-refractivity contribution >= 4 is 18.6 Å². The van der Waals surface area contributed by atoms with Gasteiger partial charge in [0.05, 0.1) is 0 Å². The van der Waals surface area contributed by atoms with E-state index in [1.165, 1.54) is 0 Å². The van der Waals surface area contributed by atoms with Gasteiger partial charge in [-0.05, 0) is 12.8 Å². The lowest BCUT2D eigenvalue weighted by molar-refractivity contribution is 0.237. The molecule has 1 N–H and O–H groups in total. The minimum absolute atomic E-state index is 0.287. The van der Waals surface area contributed by atoms with Crippen LogP contribution in [-0.2, 0) is 17.7 Å². The third-order valence-corrected chi connectivity index (χ3v) is 7.39. The number of hydrogen-bond donors (Lipinski definition) is 1. The summed E-state index contributed by atoms with van der Waals surface area (Å²) < 4.78 is 21.7. The van der Waals surface area contributed by atoms with Gasteiger partial charge < -0.3 is 23.0 Å². The summed E-state index contributed by atoms with van der Waals surface area (Å²) in [6.45, 7) is 4.27. The second-order valence-electron chi connectivity index (χ2n) is 3.88. The quantitative estimate of drug-likeness (QED) is 0.581. The lowest BCUT2D eigenvalue weighted by atomic mass is 10.4. The van der Waals surface area contributed by atoms with Gasteiger partial charge in [0.25, 0.3) is 0 Å². The molecule has 0 spiro atoms. The van der Waals surface area contributed by atoms with Crippen LogP contribution in [0.2, 0.25) is 0 Å². The van der Waals surface area contributed by atoms with Crippen molar-refractivity contribution in [2.24, 2.45) is 0 Å². The van der Waals surface area contributed by atoms with E-state index in [1.807, 2.05) is 0 Å². The van der Waals surface area contributed by atoms with Crippen LogP contribution in [-0.4, -0.2) is 58.3 Å². The zero-order chi connectivity index (χ0) is 13.3. The summed E-state index contributed by atoms with van der Waals surface area (Å²) in [4.78, 5) is 0. The van der Waals surface area contributed by atoms with Gasteiger partial charge in [-0.15, -0.1) is 0 Å². The lowest BCUT2D eigenvalue weighted by Crippen LogP contribution is -2.55. The summed E-state index contributed by atoms with van der Waals surface area (Å²) in [5.74, 6) is 0. The fourth-order valence-electron chi connectivity index (χ4n) is 1.90. The molecule has 104 valence electrons. The van der Waals surface area contributed by atoms with Crippen LogP contribution in [0, 0.1) is 0 Å².